The van der Waals surface area contributed by atoms with Gasteiger partial charge in [0.15, 0.2) is 5.82 Å². The molecule has 2 heterocycles. The molecule has 0 spiro atoms. The highest BCUT2D eigenvalue weighted by molar-refractivity contribution is 5.53. The first kappa shape index (κ1) is 13.1. The maximum absolute atomic E-state index is 5.55. The Morgan fingerprint density at radius 2 is 1.95 bits per heavy atom. The number of nitrogens with zero attached hydrogens (tertiary/aromatic N) is 3. The van der Waals surface area contributed by atoms with E-state index in [1.54, 1.807) is 25.4 Å². The fraction of sp³-hybridized carbons (Fsp3) is 0.133. The van der Waals surface area contributed by atoms with Crippen molar-refractivity contribution in [3.63, 3.8) is 0 Å². The molecule has 0 fully saturated rings. The van der Waals surface area contributed by atoms with Gasteiger partial charge in [-0.15, -0.1) is 0 Å². The molecule has 1 aromatic carbocycles. The molecule has 2 N–H and O–H groups in total. The molecule has 3 rings (SSSR count). The summed E-state index contributed by atoms with van der Waals surface area (Å²) in [6.07, 6.45) is 2.20. The standard InChI is InChI=1S/C15H14N4O2/c1-20-12-5-2-10(3-6-12)8-14-18-15(21-19-14)11-4-7-13(16)17-9-11/h2-7,9H,8H2,1H3,(H2,16,17). The minimum absolute atomic E-state index is 0.436. The Bertz CT molecular complexity index is 720. The molecular weight excluding hydrogens is 268 g/mol. The number of nitrogen functional groups attached to an aromatic ring is 1. The summed E-state index contributed by atoms with van der Waals surface area (Å²) in [6.45, 7) is 0. The number of rotatable bonds is 4. The largest absolute Gasteiger partial charge is 0.497 e. The maximum atomic E-state index is 5.55. The first-order valence-electron chi connectivity index (χ1n) is 6.42. The van der Waals surface area contributed by atoms with E-state index in [2.05, 4.69) is 15.1 Å². The summed E-state index contributed by atoms with van der Waals surface area (Å²) in [5.41, 5.74) is 7.38. The first-order chi connectivity index (χ1) is 10.2. The number of anilines is 1. The zero-order valence-electron chi connectivity index (χ0n) is 11.5. The molecule has 3 aromatic rings. The predicted octanol–water partition coefficient (Wildman–Crippen LogP) is 2.31. The first-order valence-corrected chi connectivity index (χ1v) is 6.42. The SMILES string of the molecule is COc1ccc(Cc2noc(-c3ccc(N)nc3)n2)cc1. The van der Waals surface area contributed by atoms with Crippen LogP contribution in [0.4, 0.5) is 5.82 Å². The lowest BCUT2D eigenvalue weighted by Gasteiger charge is -2.00. The third kappa shape index (κ3) is 3.00. The summed E-state index contributed by atoms with van der Waals surface area (Å²) in [5.74, 6) is 2.33. The average Bonchev–Trinajstić information content (AvgIpc) is 2.97. The summed E-state index contributed by atoms with van der Waals surface area (Å²) in [7, 11) is 1.64. The molecule has 106 valence electrons. The van der Waals surface area contributed by atoms with Crippen molar-refractivity contribution in [3.05, 3.63) is 54.0 Å². The fourth-order valence-electron chi connectivity index (χ4n) is 1.90. The van der Waals surface area contributed by atoms with E-state index in [1.807, 2.05) is 24.3 Å². The van der Waals surface area contributed by atoms with Crippen LogP contribution < -0.4 is 10.5 Å². The van der Waals surface area contributed by atoms with Crippen molar-refractivity contribution >= 4 is 5.82 Å². The van der Waals surface area contributed by atoms with Crippen LogP contribution in [0.2, 0.25) is 0 Å². The van der Waals surface area contributed by atoms with Gasteiger partial charge in [-0.2, -0.15) is 4.98 Å². The number of hydrogen-bond acceptors (Lipinski definition) is 6. The van der Waals surface area contributed by atoms with Gasteiger partial charge < -0.3 is 15.0 Å². The molecule has 0 atom stereocenters. The second-order valence-corrected chi connectivity index (χ2v) is 4.51. The molecule has 6 heteroatoms. The molecule has 0 amide bonds. The Kier molecular flexibility index (Phi) is 3.51. The Morgan fingerprint density at radius 3 is 2.62 bits per heavy atom. The fourth-order valence-corrected chi connectivity index (χ4v) is 1.90. The number of hydrogen-bond donors (Lipinski definition) is 1. The van der Waals surface area contributed by atoms with Crippen LogP contribution in [-0.4, -0.2) is 22.2 Å². The molecule has 0 aliphatic rings. The van der Waals surface area contributed by atoms with Gasteiger partial charge in [0, 0.05) is 12.6 Å². The second kappa shape index (κ2) is 5.62. The zero-order chi connectivity index (χ0) is 14.7. The Hall–Kier alpha value is -2.89. The molecule has 0 bridgehead atoms. The van der Waals surface area contributed by atoms with Crippen molar-refractivity contribution in [3.8, 4) is 17.2 Å². The average molecular weight is 282 g/mol. The van der Waals surface area contributed by atoms with E-state index in [9.17, 15) is 0 Å². The molecule has 0 aliphatic heterocycles. The van der Waals surface area contributed by atoms with E-state index in [4.69, 9.17) is 15.0 Å². The van der Waals surface area contributed by atoms with Crippen LogP contribution >= 0.6 is 0 Å². The van der Waals surface area contributed by atoms with Gasteiger partial charge in [0.25, 0.3) is 5.89 Å². The Labute approximate surface area is 121 Å². The Morgan fingerprint density at radius 1 is 1.14 bits per heavy atom. The predicted molar refractivity (Wildman–Crippen MR) is 77.7 cm³/mol. The molecule has 0 saturated carbocycles. The summed E-state index contributed by atoms with van der Waals surface area (Å²) in [4.78, 5) is 8.36. The van der Waals surface area contributed by atoms with Crippen LogP contribution in [0.1, 0.15) is 11.4 Å². The lowest BCUT2D eigenvalue weighted by Crippen LogP contribution is -1.92. The third-order valence-electron chi connectivity index (χ3n) is 3.02. The van der Waals surface area contributed by atoms with Crippen molar-refractivity contribution < 1.29 is 9.26 Å². The highest BCUT2D eigenvalue weighted by Gasteiger charge is 2.09. The highest BCUT2D eigenvalue weighted by atomic mass is 16.5. The smallest absolute Gasteiger partial charge is 0.259 e. The molecule has 21 heavy (non-hydrogen) atoms. The minimum Gasteiger partial charge on any atom is -0.497 e. The van der Waals surface area contributed by atoms with Gasteiger partial charge in [-0.25, -0.2) is 4.98 Å². The number of nitrogens with two attached hydrogens (primary N) is 1. The van der Waals surface area contributed by atoms with E-state index in [1.165, 1.54) is 0 Å². The van der Waals surface area contributed by atoms with Gasteiger partial charge >= 0.3 is 0 Å². The molecular formula is C15H14N4O2. The van der Waals surface area contributed by atoms with Gasteiger partial charge in [-0.05, 0) is 29.8 Å². The van der Waals surface area contributed by atoms with Gasteiger partial charge in [-0.3, -0.25) is 0 Å². The number of pyridine rings is 1. The molecule has 0 saturated heterocycles. The minimum atomic E-state index is 0.436. The number of ether oxygens (including phenoxy) is 1. The van der Waals surface area contributed by atoms with Crippen LogP contribution in [0.15, 0.2) is 47.1 Å². The second-order valence-electron chi connectivity index (χ2n) is 4.51. The van der Waals surface area contributed by atoms with Crippen molar-refractivity contribution in [1.29, 1.82) is 0 Å². The van der Waals surface area contributed by atoms with Crippen LogP contribution in [0.25, 0.3) is 11.5 Å². The maximum Gasteiger partial charge on any atom is 0.259 e. The summed E-state index contributed by atoms with van der Waals surface area (Å²) in [5, 5.41) is 3.98. The van der Waals surface area contributed by atoms with E-state index < -0.39 is 0 Å². The monoisotopic (exact) mass is 282 g/mol. The van der Waals surface area contributed by atoms with Crippen molar-refractivity contribution in [2.45, 2.75) is 6.42 Å². The van der Waals surface area contributed by atoms with E-state index in [0.29, 0.717) is 24.0 Å². The number of benzene rings is 1. The van der Waals surface area contributed by atoms with E-state index >= 15 is 0 Å². The molecule has 0 unspecified atom stereocenters. The van der Waals surface area contributed by atoms with Crippen molar-refractivity contribution in [2.75, 3.05) is 12.8 Å². The molecule has 0 radical (unpaired) electrons. The van der Waals surface area contributed by atoms with Gasteiger partial charge in [0.2, 0.25) is 0 Å². The van der Waals surface area contributed by atoms with E-state index in [0.717, 1.165) is 16.9 Å². The molecule has 0 aliphatic carbocycles. The zero-order valence-corrected chi connectivity index (χ0v) is 11.5. The molecule has 6 nitrogen and oxygen atoms in total. The van der Waals surface area contributed by atoms with Crippen LogP contribution in [-0.2, 0) is 6.42 Å². The van der Waals surface area contributed by atoms with Crippen molar-refractivity contribution in [2.24, 2.45) is 0 Å². The van der Waals surface area contributed by atoms with Crippen molar-refractivity contribution in [1.82, 2.24) is 15.1 Å². The van der Waals surface area contributed by atoms with Gasteiger partial charge in [0.05, 0.1) is 12.7 Å². The normalized spacial score (nSPS) is 10.5. The Balaban J connectivity index is 1.76. The van der Waals surface area contributed by atoms with Crippen LogP contribution in [0, 0.1) is 0 Å². The lowest BCUT2D eigenvalue weighted by atomic mass is 10.1. The van der Waals surface area contributed by atoms with Crippen LogP contribution in [0.3, 0.4) is 0 Å². The van der Waals surface area contributed by atoms with E-state index in [-0.39, 0.29) is 0 Å². The summed E-state index contributed by atoms with van der Waals surface area (Å²) >= 11 is 0. The topological polar surface area (TPSA) is 87.1 Å². The quantitative estimate of drug-likeness (QED) is 0.790. The number of aromatic nitrogens is 3. The van der Waals surface area contributed by atoms with Gasteiger partial charge in [-0.1, -0.05) is 17.3 Å². The number of methoxy groups -OCH3 is 1. The lowest BCUT2D eigenvalue weighted by molar-refractivity contribution is 0.414. The highest BCUT2D eigenvalue weighted by Crippen LogP contribution is 2.18. The summed E-state index contributed by atoms with van der Waals surface area (Å²) in [6, 6.07) is 11.2. The molecule has 2 aromatic heterocycles. The summed E-state index contributed by atoms with van der Waals surface area (Å²) < 4.78 is 10.4. The van der Waals surface area contributed by atoms with Crippen LogP contribution in [0.5, 0.6) is 5.75 Å². The van der Waals surface area contributed by atoms with Gasteiger partial charge in [0.1, 0.15) is 11.6 Å². The third-order valence-corrected chi connectivity index (χ3v) is 3.02.